The van der Waals surface area contributed by atoms with E-state index in [1.807, 2.05) is 12.1 Å². The van der Waals surface area contributed by atoms with Gasteiger partial charge >= 0.3 is 0 Å². The third-order valence-electron chi connectivity index (χ3n) is 3.62. The van der Waals surface area contributed by atoms with E-state index in [2.05, 4.69) is 11.0 Å². The van der Waals surface area contributed by atoms with Crippen LogP contribution >= 0.6 is 0 Å². The van der Waals surface area contributed by atoms with Crippen molar-refractivity contribution in [1.82, 2.24) is 4.90 Å². The average Bonchev–Trinajstić information content (AvgIpc) is 2.46. The van der Waals surface area contributed by atoms with Crippen molar-refractivity contribution in [3.8, 4) is 17.6 Å². The Morgan fingerprint density at radius 3 is 2.70 bits per heavy atom. The number of hydrogen-bond donors (Lipinski definition) is 1. The number of benzene rings is 1. The minimum absolute atomic E-state index is 0.536. The van der Waals surface area contributed by atoms with Crippen molar-refractivity contribution in [3.05, 3.63) is 23.3 Å². The molecular weight excluding hydrogens is 256 g/mol. The van der Waals surface area contributed by atoms with E-state index in [0.717, 1.165) is 29.8 Å². The molecule has 1 atom stereocenters. The average molecular weight is 276 g/mol. The molecule has 1 aliphatic heterocycles. The molecule has 1 heterocycles. The normalized spacial score (nSPS) is 18.2. The van der Waals surface area contributed by atoms with Gasteiger partial charge in [0.15, 0.2) is 0 Å². The first kappa shape index (κ1) is 14.6. The molecule has 1 N–H and O–H groups in total. The van der Waals surface area contributed by atoms with E-state index in [9.17, 15) is 5.11 Å². The fourth-order valence-corrected chi connectivity index (χ4v) is 2.70. The quantitative estimate of drug-likeness (QED) is 0.831. The summed E-state index contributed by atoms with van der Waals surface area (Å²) < 4.78 is 10.7. The van der Waals surface area contributed by atoms with Crippen molar-refractivity contribution in [3.63, 3.8) is 0 Å². The predicted molar refractivity (Wildman–Crippen MR) is 74.6 cm³/mol. The lowest BCUT2D eigenvalue weighted by Crippen LogP contribution is -2.34. The molecule has 5 heteroatoms. The van der Waals surface area contributed by atoms with Crippen LogP contribution in [0.5, 0.6) is 11.5 Å². The maximum atomic E-state index is 10.4. The van der Waals surface area contributed by atoms with Crippen LogP contribution in [-0.4, -0.2) is 37.3 Å². The molecule has 5 nitrogen and oxygen atoms in total. The van der Waals surface area contributed by atoms with E-state index < -0.39 is 6.10 Å². The molecule has 0 aromatic heterocycles. The van der Waals surface area contributed by atoms with Crippen molar-refractivity contribution >= 4 is 0 Å². The number of nitriles is 1. The van der Waals surface area contributed by atoms with Gasteiger partial charge in [0.05, 0.1) is 26.4 Å². The van der Waals surface area contributed by atoms with Gasteiger partial charge in [-0.05, 0) is 25.1 Å². The van der Waals surface area contributed by atoms with Gasteiger partial charge in [-0.25, -0.2) is 0 Å². The van der Waals surface area contributed by atoms with Gasteiger partial charge in [-0.2, -0.15) is 5.26 Å². The lowest BCUT2D eigenvalue weighted by molar-refractivity contribution is 0.0880. The highest BCUT2D eigenvalue weighted by atomic mass is 16.5. The molecule has 1 aromatic rings. The van der Waals surface area contributed by atoms with Crippen LogP contribution in [0.4, 0.5) is 0 Å². The van der Waals surface area contributed by atoms with E-state index in [1.54, 1.807) is 14.2 Å². The molecule has 1 aromatic carbocycles. The van der Waals surface area contributed by atoms with E-state index in [4.69, 9.17) is 14.7 Å². The summed E-state index contributed by atoms with van der Waals surface area (Å²) in [6, 6.07) is 5.83. The van der Waals surface area contributed by atoms with Crippen molar-refractivity contribution in [2.45, 2.75) is 25.5 Å². The summed E-state index contributed by atoms with van der Waals surface area (Å²) >= 11 is 0. The molecule has 0 saturated carbocycles. The molecule has 0 unspecified atom stereocenters. The number of aliphatic hydroxyl groups is 1. The number of β-amino-alcohol motifs (C(OH)–C–C–N with tert-alkyl or cyclic N) is 1. The zero-order valence-corrected chi connectivity index (χ0v) is 11.9. The molecule has 0 bridgehead atoms. The Balaban J connectivity index is 2.26. The van der Waals surface area contributed by atoms with Gasteiger partial charge in [-0.1, -0.05) is 0 Å². The second-order valence-electron chi connectivity index (χ2n) is 4.87. The first-order valence-electron chi connectivity index (χ1n) is 6.72. The van der Waals surface area contributed by atoms with Crippen molar-refractivity contribution in [1.29, 1.82) is 5.26 Å². The highest BCUT2D eigenvalue weighted by molar-refractivity contribution is 5.51. The number of rotatable bonds is 5. The Morgan fingerprint density at radius 1 is 1.35 bits per heavy atom. The lowest BCUT2D eigenvalue weighted by Gasteiger charge is -2.33. The standard InChI is InChI=1S/C15H20N2O3/c1-19-13-5-6-14(20-2)15-11(13)9-17(10-12(15)18)8-4-3-7-16/h5-6,12,18H,3-4,8-10H2,1-2H3/t12-/m0/s1. The summed E-state index contributed by atoms with van der Waals surface area (Å²) in [6.45, 7) is 2.06. The molecule has 0 aliphatic carbocycles. The number of hydrogen-bond acceptors (Lipinski definition) is 5. The molecule has 108 valence electrons. The number of nitrogens with zero attached hydrogens (tertiary/aromatic N) is 2. The van der Waals surface area contributed by atoms with Crippen LogP contribution in [0.2, 0.25) is 0 Å². The van der Waals surface area contributed by atoms with Gasteiger partial charge in [0.2, 0.25) is 0 Å². The zero-order chi connectivity index (χ0) is 14.5. The Bertz CT molecular complexity index is 511. The van der Waals surface area contributed by atoms with Crippen LogP contribution in [0, 0.1) is 11.3 Å². The van der Waals surface area contributed by atoms with E-state index in [1.165, 1.54) is 0 Å². The monoisotopic (exact) mass is 276 g/mol. The van der Waals surface area contributed by atoms with Crippen LogP contribution in [0.25, 0.3) is 0 Å². The zero-order valence-electron chi connectivity index (χ0n) is 11.9. The topological polar surface area (TPSA) is 65.7 Å². The van der Waals surface area contributed by atoms with Crippen LogP contribution < -0.4 is 9.47 Å². The third-order valence-corrected chi connectivity index (χ3v) is 3.62. The summed E-state index contributed by atoms with van der Waals surface area (Å²) in [5.41, 5.74) is 1.80. The summed E-state index contributed by atoms with van der Waals surface area (Å²) in [5.74, 6) is 1.47. The van der Waals surface area contributed by atoms with Gasteiger partial charge in [0.1, 0.15) is 11.5 Å². The molecule has 20 heavy (non-hydrogen) atoms. The smallest absolute Gasteiger partial charge is 0.125 e. The molecule has 0 saturated heterocycles. The number of fused-ring (bicyclic) bond motifs is 1. The summed E-state index contributed by atoms with van der Waals surface area (Å²) in [7, 11) is 3.23. The largest absolute Gasteiger partial charge is 0.496 e. The third kappa shape index (κ3) is 2.87. The van der Waals surface area contributed by atoms with Crippen LogP contribution in [0.1, 0.15) is 30.1 Å². The fraction of sp³-hybridized carbons (Fsp3) is 0.533. The molecule has 0 amide bonds. The molecular formula is C15H20N2O3. The van der Waals surface area contributed by atoms with Gasteiger partial charge in [0, 0.05) is 30.6 Å². The number of aliphatic hydroxyl groups excluding tert-OH is 1. The van der Waals surface area contributed by atoms with Crippen LogP contribution in [0.15, 0.2) is 12.1 Å². The summed E-state index contributed by atoms with van der Waals surface area (Å²) in [5, 5.41) is 19.0. The predicted octanol–water partition coefficient (Wildman–Crippen LogP) is 1.86. The molecule has 0 fully saturated rings. The number of ether oxygens (including phenoxy) is 2. The molecule has 2 rings (SSSR count). The van der Waals surface area contributed by atoms with Gasteiger partial charge in [-0.15, -0.1) is 0 Å². The minimum atomic E-state index is -0.592. The Hall–Kier alpha value is -1.77. The van der Waals surface area contributed by atoms with Crippen LogP contribution in [0.3, 0.4) is 0 Å². The van der Waals surface area contributed by atoms with Crippen molar-refractivity contribution in [2.75, 3.05) is 27.3 Å². The SMILES string of the molecule is COc1ccc(OC)c2c1CN(CCCC#N)C[C@@H]2O. The van der Waals surface area contributed by atoms with Gasteiger partial charge in [0.25, 0.3) is 0 Å². The van der Waals surface area contributed by atoms with E-state index >= 15 is 0 Å². The Labute approximate surface area is 119 Å². The Morgan fingerprint density at radius 2 is 2.05 bits per heavy atom. The van der Waals surface area contributed by atoms with Crippen molar-refractivity contribution < 1.29 is 14.6 Å². The number of unbranched alkanes of at least 4 members (excludes halogenated alkanes) is 1. The Kier molecular flexibility index (Phi) is 4.83. The van der Waals surface area contributed by atoms with Crippen molar-refractivity contribution in [2.24, 2.45) is 0 Å². The second kappa shape index (κ2) is 6.60. The summed E-state index contributed by atoms with van der Waals surface area (Å²) in [4.78, 5) is 2.15. The minimum Gasteiger partial charge on any atom is -0.496 e. The fourth-order valence-electron chi connectivity index (χ4n) is 2.70. The highest BCUT2D eigenvalue weighted by Crippen LogP contribution is 2.39. The van der Waals surface area contributed by atoms with Gasteiger partial charge < -0.3 is 14.6 Å². The number of methoxy groups -OCH3 is 2. The first-order chi connectivity index (χ1) is 9.71. The highest BCUT2D eigenvalue weighted by Gasteiger charge is 2.29. The summed E-state index contributed by atoms with van der Waals surface area (Å²) in [6.07, 6.45) is 0.755. The van der Waals surface area contributed by atoms with E-state index in [0.29, 0.717) is 25.3 Å². The second-order valence-corrected chi connectivity index (χ2v) is 4.87. The molecule has 0 radical (unpaired) electrons. The maximum Gasteiger partial charge on any atom is 0.125 e. The molecule has 0 spiro atoms. The maximum absolute atomic E-state index is 10.4. The molecule has 1 aliphatic rings. The lowest BCUT2D eigenvalue weighted by atomic mass is 9.95. The van der Waals surface area contributed by atoms with Gasteiger partial charge in [-0.3, -0.25) is 4.90 Å². The first-order valence-corrected chi connectivity index (χ1v) is 6.72. The van der Waals surface area contributed by atoms with Crippen LogP contribution in [-0.2, 0) is 6.54 Å². The van der Waals surface area contributed by atoms with E-state index in [-0.39, 0.29) is 0 Å².